The Bertz CT molecular complexity index is 1260. The summed E-state index contributed by atoms with van der Waals surface area (Å²) in [6.07, 6.45) is 1.42. The number of halogens is 1. The molecule has 0 fully saturated rings. The Kier molecular flexibility index (Phi) is 7.09. The summed E-state index contributed by atoms with van der Waals surface area (Å²) in [5.41, 5.74) is 1.99. The first kappa shape index (κ1) is 22.5. The van der Waals surface area contributed by atoms with E-state index in [2.05, 4.69) is 27.9 Å². The van der Waals surface area contributed by atoms with Crippen molar-refractivity contribution in [2.24, 2.45) is 0 Å². The molecule has 3 aromatic carbocycles. The summed E-state index contributed by atoms with van der Waals surface area (Å²) >= 11 is 2.16. The van der Waals surface area contributed by atoms with Crippen LogP contribution in [-0.4, -0.2) is 14.3 Å². The molecular formula is C23H17IN2O4S. The highest BCUT2D eigenvalue weighted by molar-refractivity contribution is 14.1. The maximum absolute atomic E-state index is 12.4. The predicted octanol–water partition coefficient (Wildman–Crippen LogP) is 4.91. The van der Waals surface area contributed by atoms with Gasteiger partial charge in [-0.25, -0.2) is 0 Å². The molecular weight excluding hydrogens is 527 g/mol. The van der Waals surface area contributed by atoms with E-state index in [1.807, 2.05) is 25.1 Å². The molecule has 0 heterocycles. The third-order valence-electron chi connectivity index (χ3n) is 4.17. The largest absolute Gasteiger partial charge is 0.379 e. The van der Waals surface area contributed by atoms with Crippen molar-refractivity contribution in [2.45, 2.75) is 11.8 Å². The number of carbonyl (C=O) groups is 1. The van der Waals surface area contributed by atoms with Gasteiger partial charge in [-0.15, -0.1) is 0 Å². The van der Waals surface area contributed by atoms with Crippen LogP contribution in [0.4, 0.5) is 5.69 Å². The zero-order chi connectivity index (χ0) is 22.4. The quantitative estimate of drug-likeness (QED) is 0.206. The highest BCUT2D eigenvalue weighted by atomic mass is 127. The summed E-state index contributed by atoms with van der Waals surface area (Å²) < 4.78 is 30.9. The smallest absolute Gasteiger partial charge is 0.339 e. The standard InChI is InChI=1S/C23H17IN2O4S/c1-16-2-12-22(13-3-16)31(28,29)30-21-10-4-17(5-11-21)14-18(15-25)23(27)26-20-8-6-19(24)7-9-20/h2-14H,1H3,(H,26,27)/b18-14-. The zero-order valence-electron chi connectivity index (χ0n) is 16.4. The molecule has 3 aromatic rings. The lowest BCUT2D eigenvalue weighted by Gasteiger charge is -2.08. The molecule has 0 radical (unpaired) electrons. The number of nitriles is 1. The van der Waals surface area contributed by atoms with Crippen molar-refractivity contribution >= 4 is 50.4 Å². The van der Waals surface area contributed by atoms with Crippen LogP contribution in [0.1, 0.15) is 11.1 Å². The Morgan fingerprint density at radius 2 is 1.61 bits per heavy atom. The zero-order valence-corrected chi connectivity index (χ0v) is 19.3. The normalized spacial score (nSPS) is 11.5. The Balaban J connectivity index is 1.72. The molecule has 0 spiro atoms. The summed E-state index contributed by atoms with van der Waals surface area (Å²) in [4.78, 5) is 12.4. The fourth-order valence-corrected chi connectivity index (χ4v) is 3.84. The number of aryl methyl sites for hydroxylation is 1. The molecule has 0 aromatic heterocycles. The molecule has 8 heteroatoms. The topological polar surface area (TPSA) is 96.3 Å². The molecule has 0 bridgehead atoms. The summed E-state index contributed by atoms with van der Waals surface area (Å²) in [5.74, 6) is -0.412. The van der Waals surface area contributed by atoms with Gasteiger partial charge in [-0.05, 0) is 89.7 Å². The second-order valence-electron chi connectivity index (χ2n) is 6.55. The Labute approximate surface area is 194 Å². The van der Waals surface area contributed by atoms with E-state index in [1.165, 1.54) is 30.3 Å². The van der Waals surface area contributed by atoms with Crippen molar-refractivity contribution in [3.8, 4) is 11.8 Å². The van der Waals surface area contributed by atoms with Gasteiger partial charge in [-0.2, -0.15) is 13.7 Å². The number of anilines is 1. The van der Waals surface area contributed by atoms with Crippen LogP contribution in [0.5, 0.6) is 5.75 Å². The monoisotopic (exact) mass is 544 g/mol. The van der Waals surface area contributed by atoms with Crippen LogP contribution in [0, 0.1) is 21.8 Å². The number of amides is 1. The van der Waals surface area contributed by atoms with Crippen molar-refractivity contribution < 1.29 is 17.4 Å². The van der Waals surface area contributed by atoms with E-state index in [-0.39, 0.29) is 16.2 Å². The van der Waals surface area contributed by atoms with Crippen LogP contribution in [0.25, 0.3) is 6.08 Å². The van der Waals surface area contributed by atoms with Gasteiger partial charge in [0.2, 0.25) is 0 Å². The van der Waals surface area contributed by atoms with Crippen LogP contribution in [0.2, 0.25) is 0 Å². The molecule has 31 heavy (non-hydrogen) atoms. The van der Waals surface area contributed by atoms with Crippen molar-refractivity contribution in [2.75, 3.05) is 5.32 Å². The van der Waals surface area contributed by atoms with Gasteiger partial charge < -0.3 is 9.50 Å². The number of hydrogen-bond acceptors (Lipinski definition) is 5. The first-order valence-electron chi connectivity index (χ1n) is 9.07. The van der Waals surface area contributed by atoms with Gasteiger partial charge in [0.25, 0.3) is 5.91 Å². The SMILES string of the molecule is Cc1ccc(S(=O)(=O)Oc2ccc(/C=C(/C#N)C(=O)Nc3ccc(I)cc3)cc2)cc1. The lowest BCUT2D eigenvalue weighted by atomic mass is 10.1. The molecule has 0 saturated carbocycles. The van der Waals surface area contributed by atoms with E-state index in [0.29, 0.717) is 11.3 Å². The lowest BCUT2D eigenvalue weighted by Crippen LogP contribution is -2.13. The van der Waals surface area contributed by atoms with E-state index in [0.717, 1.165) is 9.13 Å². The first-order valence-corrected chi connectivity index (χ1v) is 11.6. The average Bonchev–Trinajstić information content (AvgIpc) is 2.75. The molecule has 0 aliphatic heterocycles. The predicted molar refractivity (Wildman–Crippen MR) is 127 cm³/mol. The fraction of sp³-hybridized carbons (Fsp3) is 0.0435. The van der Waals surface area contributed by atoms with Crippen molar-refractivity contribution in [3.63, 3.8) is 0 Å². The van der Waals surface area contributed by atoms with Crippen LogP contribution < -0.4 is 9.50 Å². The summed E-state index contributed by atoms with van der Waals surface area (Å²) in [6, 6.07) is 21.4. The Hall–Kier alpha value is -3.16. The number of nitrogens with zero attached hydrogens (tertiary/aromatic N) is 1. The van der Waals surface area contributed by atoms with Crippen molar-refractivity contribution in [1.82, 2.24) is 0 Å². The van der Waals surface area contributed by atoms with Crippen molar-refractivity contribution in [3.05, 3.63) is 93.1 Å². The van der Waals surface area contributed by atoms with E-state index >= 15 is 0 Å². The molecule has 0 unspecified atom stereocenters. The minimum absolute atomic E-state index is 0.0566. The lowest BCUT2D eigenvalue weighted by molar-refractivity contribution is -0.112. The number of benzene rings is 3. The summed E-state index contributed by atoms with van der Waals surface area (Å²) in [5, 5.41) is 12.0. The van der Waals surface area contributed by atoms with E-state index in [1.54, 1.807) is 36.4 Å². The molecule has 1 amide bonds. The number of nitrogens with one attached hydrogen (secondary N) is 1. The van der Waals surface area contributed by atoms with Gasteiger partial charge in [0.15, 0.2) is 0 Å². The van der Waals surface area contributed by atoms with Gasteiger partial charge in [0.05, 0.1) is 0 Å². The van der Waals surface area contributed by atoms with E-state index in [4.69, 9.17) is 4.18 Å². The van der Waals surface area contributed by atoms with Gasteiger partial charge in [0.1, 0.15) is 22.3 Å². The molecule has 6 nitrogen and oxygen atoms in total. The molecule has 1 N–H and O–H groups in total. The number of carbonyl (C=O) groups excluding carboxylic acids is 1. The van der Waals surface area contributed by atoms with Crippen LogP contribution in [0.3, 0.4) is 0 Å². The van der Waals surface area contributed by atoms with Gasteiger partial charge in [-0.1, -0.05) is 29.8 Å². The molecule has 156 valence electrons. The fourth-order valence-electron chi connectivity index (χ4n) is 2.55. The Morgan fingerprint density at radius 3 is 2.19 bits per heavy atom. The molecule has 0 aliphatic carbocycles. The van der Waals surface area contributed by atoms with Crippen LogP contribution in [0.15, 0.2) is 83.3 Å². The molecule has 0 aliphatic rings. The first-order chi connectivity index (χ1) is 14.8. The van der Waals surface area contributed by atoms with Crippen LogP contribution in [-0.2, 0) is 14.9 Å². The van der Waals surface area contributed by atoms with Crippen LogP contribution >= 0.6 is 22.6 Å². The minimum Gasteiger partial charge on any atom is -0.379 e. The Morgan fingerprint density at radius 1 is 1.00 bits per heavy atom. The third-order valence-corrected chi connectivity index (χ3v) is 6.15. The van der Waals surface area contributed by atoms with E-state index in [9.17, 15) is 18.5 Å². The molecule has 3 rings (SSSR count). The third kappa shape index (κ3) is 6.16. The summed E-state index contributed by atoms with van der Waals surface area (Å²) in [6.45, 7) is 1.86. The highest BCUT2D eigenvalue weighted by Crippen LogP contribution is 2.21. The molecule has 0 atom stereocenters. The minimum atomic E-state index is -3.95. The van der Waals surface area contributed by atoms with Crippen molar-refractivity contribution in [1.29, 1.82) is 5.26 Å². The number of rotatable bonds is 6. The maximum Gasteiger partial charge on any atom is 0.339 e. The molecule has 0 saturated heterocycles. The van der Waals surface area contributed by atoms with Gasteiger partial charge in [0, 0.05) is 9.26 Å². The second kappa shape index (κ2) is 9.76. The number of hydrogen-bond donors (Lipinski definition) is 1. The highest BCUT2D eigenvalue weighted by Gasteiger charge is 2.16. The van der Waals surface area contributed by atoms with E-state index < -0.39 is 16.0 Å². The second-order valence-corrected chi connectivity index (χ2v) is 9.34. The summed E-state index contributed by atoms with van der Waals surface area (Å²) in [7, 11) is -3.95. The van der Waals surface area contributed by atoms with Gasteiger partial charge in [-0.3, -0.25) is 4.79 Å². The average molecular weight is 544 g/mol. The maximum atomic E-state index is 12.4. The van der Waals surface area contributed by atoms with Gasteiger partial charge >= 0.3 is 10.1 Å².